The number of nitrogens with one attached hydrogen (secondary N) is 1. The number of methoxy groups -OCH3 is 1. The van der Waals surface area contributed by atoms with Gasteiger partial charge in [0.15, 0.2) is 0 Å². The number of benzene rings is 2. The maximum atomic E-state index is 12.0. The van der Waals surface area contributed by atoms with E-state index < -0.39 is 0 Å². The number of carbonyl (C=O) groups excluding carboxylic acids is 1. The van der Waals surface area contributed by atoms with Gasteiger partial charge in [0, 0.05) is 27.6 Å². The van der Waals surface area contributed by atoms with Gasteiger partial charge in [0.05, 0.1) is 7.11 Å². The second-order valence-corrected chi connectivity index (χ2v) is 6.24. The Morgan fingerprint density at radius 2 is 1.88 bits per heavy atom. The fraction of sp³-hybridized carbons (Fsp3) is 0.0500. The third-order valence-corrected chi connectivity index (χ3v) is 4.52. The second kappa shape index (κ2) is 7.62. The van der Waals surface area contributed by atoms with E-state index in [-0.39, 0.29) is 5.91 Å². The maximum absolute atomic E-state index is 12.0. The molecule has 0 aliphatic rings. The predicted octanol–water partition coefficient (Wildman–Crippen LogP) is 5.08. The normalized spacial score (nSPS) is 10.7. The Balaban J connectivity index is 1.65. The number of anilines is 1. The van der Waals surface area contributed by atoms with Crippen LogP contribution in [-0.2, 0) is 4.79 Å². The summed E-state index contributed by atoms with van der Waals surface area (Å²) in [6, 6.07) is 21.6. The molecule has 3 rings (SSSR count). The van der Waals surface area contributed by atoms with E-state index in [0.717, 1.165) is 4.88 Å². The lowest BCUT2D eigenvalue weighted by molar-refractivity contribution is -0.111. The highest BCUT2D eigenvalue weighted by molar-refractivity contribution is 7.16. The van der Waals surface area contributed by atoms with Crippen LogP contribution in [0.15, 0.2) is 72.8 Å². The van der Waals surface area contributed by atoms with Crippen molar-refractivity contribution < 1.29 is 9.53 Å². The first-order chi connectivity index (χ1) is 11.7. The molecule has 0 aliphatic heterocycles. The van der Waals surface area contributed by atoms with Gasteiger partial charge in [0.25, 0.3) is 0 Å². The number of thiophene rings is 1. The molecule has 0 radical (unpaired) electrons. The van der Waals surface area contributed by atoms with E-state index in [4.69, 9.17) is 4.74 Å². The smallest absolute Gasteiger partial charge is 0.248 e. The van der Waals surface area contributed by atoms with Gasteiger partial charge < -0.3 is 10.1 Å². The second-order valence-electron chi connectivity index (χ2n) is 5.12. The van der Waals surface area contributed by atoms with Crippen molar-refractivity contribution in [3.05, 3.63) is 77.7 Å². The Labute approximate surface area is 145 Å². The minimum absolute atomic E-state index is 0.169. The highest BCUT2D eigenvalue weighted by Gasteiger charge is 2.02. The monoisotopic (exact) mass is 335 g/mol. The first-order valence-electron chi connectivity index (χ1n) is 7.53. The summed E-state index contributed by atoms with van der Waals surface area (Å²) in [7, 11) is 1.60. The maximum Gasteiger partial charge on any atom is 0.248 e. The molecule has 3 nitrogen and oxygen atoms in total. The van der Waals surface area contributed by atoms with Crippen molar-refractivity contribution in [1.29, 1.82) is 0 Å². The molecule has 0 saturated carbocycles. The summed E-state index contributed by atoms with van der Waals surface area (Å²) in [6.45, 7) is 0. The van der Waals surface area contributed by atoms with Crippen molar-refractivity contribution in [3.63, 3.8) is 0 Å². The number of amides is 1. The topological polar surface area (TPSA) is 38.3 Å². The molecule has 1 heterocycles. The largest absolute Gasteiger partial charge is 0.497 e. The van der Waals surface area contributed by atoms with Crippen LogP contribution in [0.25, 0.3) is 16.5 Å². The van der Waals surface area contributed by atoms with Crippen LogP contribution in [0.4, 0.5) is 5.69 Å². The van der Waals surface area contributed by atoms with E-state index in [2.05, 4.69) is 23.5 Å². The Morgan fingerprint density at radius 3 is 2.67 bits per heavy atom. The molecule has 24 heavy (non-hydrogen) atoms. The fourth-order valence-electron chi connectivity index (χ4n) is 2.24. The molecule has 1 aromatic heterocycles. The Hall–Kier alpha value is -2.85. The Morgan fingerprint density at radius 1 is 1.04 bits per heavy atom. The van der Waals surface area contributed by atoms with Gasteiger partial charge in [-0.15, -0.1) is 11.3 Å². The molecule has 120 valence electrons. The summed E-state index contributed by atoms with van der Waals surface area (Å²) in [4.78, 5) is 14.2. The van der Waals surface area contributed by atoms with Crippen LogP contribution < -0.4 is 10.1 Å². The third-order valence-electron chi connectivity index (χ3n) is 3.42. The lowest BCUT2D eigenvalue weighted by atomic mass is 10.2. The number of rotatable bonds is 5. The quantitative estimate of drug-likeness (QED) is 0.661. The van der Waals surface area contributed by atoms with Crippen molar-refractivity contribution in [2.24, 2.45) is 0 Å². The van der Waals surface area contributed by atoms with Crippen molar-refractivity contribution in [2.45, 2.75) is 0 Å². The molecule has 0 aliphatic carbocycles. The van der Waals surface area contributed by atoms with Crippen molar-refractivity contribution in [3.8, 4) is 16.2 Å². The van der Waals surface area contributed by atoms with Gasteiger partial charge in [-0.2, -0.15) is 0 Å². The summed E-state index contributed by atoms with van der Waals surface area (Å²) in [5.74, 6) is 0.542. The molecule has 1 amide bonds. The number of ether oxygens (including phenoxy) is 1. The minimum Gasteiger partial charge on any atom is -0.497 e. The van der Waals surface area contributed by atoms with Gasteiger partial charge >= 0.3 is 0 Å². The third kappa shape index (κ3) is 4.12. The van der Waals surface area contributed by atoms with Crippen LogP contribution in [0.1, 0.15) is 4.88 Å². The van der Waals surface area contributed by atoms with E-state index >= 15 is 0 Å². The number of hydrogen-bond acceptors (Lipinski definition) is 3. The summed E-state index contributed by atoms with van der Waals surface area (Å²) < 4.78 is 5.14. The summed E-state index contributed by atoms with van der Waals surface area (Å²) >= 11 is 1.65. The van der Waals surface area contributed by atoms with Crippen LogP contribution in [0.3, 0.4) is 0 Å². The van der Waals surface area contributed by atoms with Gasteiger partial charge in [0.2, 0.25) is 5.91 Å². The fourth-order valence-corrected chi connectivity index (χ4v) is 3.16. The van der Waals surface area contributed by atoms with Crippen LogP contribution >= 0.6 is 11.3 Å². The highest BCUT2D eigenvalue weighted by atomic mass is 32.1. The predicted molar refractivity (Wildman–Crippen MR) is 100 cm³/mol. The average molecular weight is 335 g/mol. The highest BCUT2D eigenvalue weighted by Crippen LogP contribution is 2.28. The van der Waals surface area contributed by atoms with E-state index in [9.17, 15) is 4.79 Å². The lowest BCUT2D eigenvalue weighted by Crippen LogP contribution is -2.07. The van der Waals surface area contributed by atoms with Gasteiger partial charge in [-0.3, -0.25) is 4.79 Å². The molecule has 1 N–H and O–H groups in total. The molecule has 0 unspecified atom stereocenters. The summed E-state index contributed by atoms with van der Waals surface area (Å²) in [6.07, 6.45) is 3.37. The summed E-state index contributed by atoms with van der Waals surface area (Å²) in [5, 5.41) is 2.82. The standard InChI is InChI=1S/C20H17NO2S/c1-23-17-9-5-8-16(14-17)21-20(22)13-11-18-10-12-19(24-18)15-6-3-2-4-7-15/h2-14H,1H3,(H,21,22)/b13-11+. The van der Waals surface area contributed by atoms with E-state index in [1.54, 1.807) is 30.6 Å². The molecule has 0 bridgehead atoms. The molecule has 3 aromatic rings. The van der Waals surface area contributed by atoms with Crippen LogP contribution in [0, 0.1) is 0 Å². The van der Waals surface area contributed by atoms with Crippen LogP contribution in [0.2, 0.25) is 0 Å². The number of carbonyl (C=O) groups is 1. The van der Waals surface area contributed by atoms with Gasteiger partial charge in [-0.05, 0) is 35.9 Å². The van der Waals surface area contributed by atoms with Gasteiger partial charge in [-0.1, -0.05) is 36.4 Å². The van der Waals surface area contributed by atoms with Crippen molar-refractivity contribution in [1.82, 2.24) is 0 Å². The summed E-state index contributed by atoms with van der Waals surface area (Å²) in [5.41, 5.74) is 1.89. The Bertz CT molecular complexity index is 853. The molecule has 0 atom stereocenters. The molecular formula is C20H17NO2S. The average Bonchev–Trinajstić information content (AvgIpc) is 3.10. The molecule has 4 heteroatoms. The van der Waals surface area contributed by atoms with Crippen LogP contribution in [0.5, 0.6) is 5.75 Å². The SMILES string of the molecule is COc1cccc(NC(=O)/C=C/c2ccc(-c3ccccc3)s2)c1. The molecular weight excluding hydrogens is 318 g/mol. The van der Waals surface area contributed by atoms with E-state index in [1.807, 2.05) is 48.5 Å². The van der Waals surface area contributed by atoms with Crippen LogP contribution in [-0.4, -0.2) is 13.0 Å². The van der Waals surface area contributed by atoms with Crippen molar-refractivity contribution >= 4 is 29.0 Å². The van der Waals surface area contributed by atoms with E-state index in [0.29, 0.717) is 11.4 Å². The molecule has 2 aromatic carbocycles. The van der Waals surface area contributed by atoms with Gasteiger partial charge in [-0.25, -0.2) is 0 Å². The molecule has 0 spiro atoms. The zero-order valence-corrected chi connectivity index (χ0v) is 14.0. The Kier molecular flexibility index (Phi) is 5.08. The first kappa shape index (κ1) is 16.0. The minimum atomic E-state index is -0.169. The zero-order valence-electron chi connectivity index (χ0n) is 13.2. The van der Waals surface area contributed by atoms with Gasteiger partial charge in [0.1, 0.15) is 5.75 Å². The number of hydrogen-bond donors (Lipinski definition) is 1. The molecule has 0 saturated heterocycles. The lowest BCUT2D eigenvalue weighted by Gasteiger charge is -2.04. The van der Waals surface area contributed by atoms with E-state index in [1.165, 1.54) is 10.4 Å². The molecule has 0 fully saturated rings. The first-order valence-corrected chi connectivity index (χ1v) is 8.34. The van der Waals surface area contributed by atoms with Crippen molar-refractivity contribution in [2.75, 3.05) is 12.4 Å². The zero-order chi connectivity index (χ0) is 16.8.